The normalized spacial score (nSPS) is 18.1. The van der Waals surface area contributed by atoms with Gasteiger partial charge in [0.2, 0.25) is 0 Å². The highest BCUT2D eigenvalue weighted by atomic mass is 16.3. The molecule has 1 unspecified atom stereocenters. The summed E-state index contributed by atoms with van der Waals surface area (Å²) in [4.78, 5) is 35.1. The first kappa shape index (κ1) is 18.8. The fourth-order valence-electron chi connectivity index (χ4n) is 4.18. The second-order valence-electron chi connectivity index (χ2n) is 7.49. The summed E-state index contributed by atoms with van der Waals surface area (Å²) >= 11 is 0. The number of benzene rings is 2. The molecule has 5 rings (SSSR count). The van der Waals surface area contributed by atoms with Gasteiger partial charge in [-0.25, -0.2) is 0 Å². The van der Waals surface area contributed by atoms with Gasteiger partial charge in [0.1, 0.15) is 5.76 Å². The summed E-state index contributed by atoms with van der Waals surface area (Å²) in [5, 5.41) is 12.1. The number of Topliss-reactive ketones (excluding diaryl/α,β-unsaturated/α-hetero) is 1. The number of carbonyl (C=O) groups excluding carboxylic acids is 2. The minimum Gasteiger partial charge on any atom is -0.507 e. The van der Waals surface area contributed by atoms with Gasteiger partial charge in [-0.15, -0.1) is 0 Å². The molecular weight excluding hydrogens is 390 g/mol. The number of para-hydroxylation sites is 2. The van der Waals surface area contributed by atoms with Gasteiger partial charge in [0, 0.05) is 40.7 Å². The van der Waals surface area contributed by atoms with Crippen LogP contribution in [0.25, 0.3) is 16.7 Å². The smallest absolute Gasteiger partial charge is 0.300 e. The van der Waals surface area contributed by atoms with Gasteiger partial charge >= 0.3 is 0 Å². The number of ketones is 1. The lowest BCUT2D eigenvalue weighted by Crippen LogP contribution is -2.30. The topological polar surface area (TPSA) is 86.3 Å². The number of pyridine rings is 1. The number of aliphatic hydroxyl groups excluding tert-OH is 1. The van der Waals surface area contributed by atoms with Crippen LogP contribution in [0.4, 0.5) is 5.69 Å². The van der Waals surface area contributed by atoms with Crippen LogP contribution in [-0.4, -0.2) is 26.8 Å². The molecule has 4 aromatic rings. The summed E-state index contributed by atoms with van der Waals surface area (Å²) in [6, 6.07) is 17.6. The quantitative estimate of drug-likeness (QED) is 0.296. The molecule has 3 heterocycles. The van der Waals surface area contributed by atoms with Crippen LogP contribution < -0.4 is 4.90 Å². The number of anilines is 1. The molecule has 0 bridgehead atoms. The highest BCUT2D eigenvalue weighted by Gasteiger charge is 2.47. The Hall–Kier alpha value is -4.19. The number of aliphatic hydroxyl groups is 1. The second kappa shape index (κ2) is 7.25. The number of nitrogens with one attached hydrogen (secondary N) is 1. The zero-order chi connectivity index (χ0) is 21.5. The van der Waals surface area contributed by atoms with E-state index in [0.29, 0.717) is 16.8 Å². The summed E-state index contributed by atoms with van der Waals surface area (Å²) in [7, 11) is 0. The van der Waals surface area contributed by atoms with Gasteiger partial charge < -0.3 is 10.1 Å². The van der Waals surface area contributed by atoms with Gasteiger partial charge in [-0.3, -0.25) is 19.5 Å². The first-order valence-corrected chi connectivity index (χ1v) is 9.91. The highest BCUT2D eigenvalue weighted by molar-refractivity contribution is 6.52. The zero-order valence-corrected chi connectivity index (χ0v) is 16.7. The number of carbonyl (C=O) groups is 2. The molecule has 1 saturated heterocycles. The third-order valence-corrected chi connectivity index (χ3v) is 5.66. The van der Waals surface area contributed by atoms with Crippen LogP contribution in [0.2, 0.25) is 0 Å². The Morgan fingerprint density at radius 2 is 1.81 bits per heavy atom. The molecule has 2 aromatic heterocycles. The molecule has 6 heteroatoms. The molecule has 1 amide bonds. The average Bonchev–Trinajstić information content (AvgIpc) is 3.34. The molecule has 1 aliphatic rings. The fourth-order valence-corrected chi connectivity index (χ4v) is 4.18. The number of H-pyrrole nitrogens is 1. The first-order valence-electron chi connectivity index (χ1n) is 9.91. The molecule has 0 spiro atoms. The van der Waals surface area contributed by atoms with E-state index < -0.39 is 17.7 Å². The van der Waals surface area contributed by atoms with Gasteiger partial charge in [-0.05, 0) is 36.2 Å². The standard InChI is InChI=1S/C25H19N3O3/c1-15-7-2-5-11-20(15)28-22(16-8-6-12-26-13-16)21(24(30)25(28)31)23(29)18-14-27-19-10-4-3-9-17(18)19/h2-14,22,27,29H,1H3/b23-21-. The highest BCUT2D eigenvalue weighted by Crippen LogP contribution is 2.43. The number of fused-ring (bicyclic) bond motifs is 1. The number of aryl methyl sites for hydroxylation is 1. The van der Waals surface area contributed by atoms with Crippen LogP contribution in [-0.2, 0) is 9.59 Å². The van der Waals surface area contributed by atoms with Crippen molar-refractivity contribution >= 4 is 34.0 Å². The summed E-state index contributed by atoms with van der Waals surface area (Å²) in [5.41, 5.74) is 3.47. The minimum atomic E-state index is -0.788. The Morgan fingerprint density at radius 3 is 2.58 bits per heavy atom. The molecule has 31 heavy (non-hydrogen) atoms. The monoisotopic (exact) mass is 409 g/mol. The summed E-state index contributed by atoms with van der Waals surface area (Å²) in [5.74, 6) is -1.61. The maximum absolute atomic E-state index is 13.2. The molecule has 6 nitrogen and oxygen atoms in total. The van der Waals surface area contributed by atoms with E-state index in [9.17, 15) is 14.7 Å². The van der Waals surface area contributed by atoms with Gasteiger partial charge in [-0.2, -0.15) is 0 Å². The molecule has 1 fully saturated rings. The Bertz CT molecular complexity index is 1350. The molecule has 2 N–H and O–H groups in total. The predicted octanol–water partition coefficient (Wildman–Crippen LogP) is 4.50. The summed E-state index contributed by atoms with van der Waals surface area (Å²) < 4.78 is 0. The molecule has 0 aliphatic carbocycles. The number of aromatic amines is 1. The fraction of sp³-hybridized carbons (Fsp3) is 0.0800. The van der Waals surface area contributed by atoms with Crippen molar-refractivity contribution < 1.29 is 14.7 Å². The van der Waals surface area contributed by atoms with Gasteiger partial charge in [0.05, 0.1) is 11.6 Å². The number of amides is 1. The second-order valence-corrected chi connectivity index (χ2v) is 7.49. The van der Waals surface area contributed by atoms with Crippen LogP contribution >= 0.6 is 0 Å². The van der Waals surface area contributed by atoms with Crippen LogP contribution in [0.3, 0.4) is 0 Å². The molecule has 1 atom stereocenters. The maximum atomic E-state index is 13.2. The summed E-state index contributed by atoms with van der Waals surface area (Å²) in [6.07, 6.45) is 4.90. The van der Waals surface area contributed by atoms with Crippen molar-refractivity contribution in [2.24, 2.45) is 0 Å². The maximum Gasteiger partial charge on any atom is 0.300 e. The van der Waals surface area contributed by atoms with E-state index in [-0.39, 0.29) is 11.3 Å². The molecule has 0 saturated carbocycles. The van der Waals surface area contributed by atoms with E-state index in [1.165, 1.54) is 4.90 Å². The lowest BCUT2D eigenvalue weighted by atomic mass is 9.96. The molecule has 0 radical (unpaired) electrons. The average molecular weight is 409 g/mol. The van der Waals surface area contributed by atoms with Gasteiger partial charge in [0.25, 0.3) is 11.7 Å². The Morgan fingerprint density at radius 1 is 1.03 bits per heavy atom. The van der Waals surface area contributed by atoms with Crippen molar-refractivity contribution in [3.8, 4) is 0 Å². The van der Waals surface area contributed by atoms with Crippen molar-refractivity contribution in [3.63, 3.8) is 0 Å². The van der Waals surface area contributed by atoms with E-state index in [4.69, 9.17) is 0 Å². The Kier molecular flexibility index (Phi) is 4.40. The predicted molar refractivity (Wildman–Crippen MR) is 118 cm³/mol. The lowest BCUT2D eigenvalue weighted by Gasteiger charge is -2.26. The molecule has 1 aliphatic heterocycles. The largest absolute Gasteiger partial charge is 0.507 e. The van der Waals surface area contributed by atoms with Gasteiger partial charge in [0.15, 0.2) is 0 Å². The van der Waals surface area contributed by atoms with Crippen molar-refractivity contribution in [1.82, 2.24) is 9.97 Å². The lowest BCUT2D eigenvalue weighted by molar-refractivity contribution is -0.132. The molecule has 2 aromatic carbocycles. The number of rotatable bonds is 3. The van der Waals surface area contributed by atoms with E-state index in [1.54, 1.807) is 36.8 Å². The van der Waals surface area contributed by atoms with Crippen molar-refractivity contribution in [2.75, 3.05) is 4.90 Å². The first-order chi connectivity index (χ1) is 15.1. The van der Waals surface area contributed by atoms with Crippen molar-refractivity contribution in [2.45, 2.75) is 13.0 Å². The van der Waals surface area contributed by atoms with Crippen molar-refractivity contribution in [1.29, 1.82) is 0 Å². The van der Waals surface area contributed by atoms with E-state index in [0.717, 1.165) is 16.5 Å². The van der Waals surface area contributed by atoms with Crippen LogP contribution in [0.5, 0.6) is 0 Å². The van der Waals surface area contributed by atoms with E-state index >= 15 is 0 Å². The Balaban J connectivity index is 1.78. The van der Waals surface area contributed by atoms with Crippen LogP contribution in [0, 0.1) is 6.92 Å². The summed E-state index contributed by atoms with van der Waals surface area (Å²) in [6.45, 7) is 1.88. The Labute approximate surface area is 178 Å². The van der Waals surface area contributed by atoms with E-state index in [1.807, 2.05) is 49.4 Å². The SMILES string of the molecule is Cc1ccccc1N1C(=O)C(=O)/C(=C(\O)c2c[nH]c3ccccc23)C1c1cccnc1. The number of nitrogens with zero attached hydrogens (tertiary/aromatic N) is 2. The number of hydrogen-bond acceptors (Lipinski definition) is 4. The van der Waals surface area contributed by atoms with E-state index in [2.05, 4.69) is 9.97 Å². The minimum absolute atomic E-state index is 0.0472. The zero-order valence-electron chi connectivity index (χ0n) is 16.7. The van der Waals surface area contributed by atoms with Crippen molar-refractivity contribution in [3.05, 3.63) is 102 Å². The number of hydrogen-bond donors (Lipinski definition) is 2. The number of aromatic nitrogens is 2. The molecule has 152 valence electrons. The molecular formula is C25H19N3O3. The van der Waals surface area contributed by atoms with Gasteiger partial charge in [-0.1, -0.05) is 42.5 Å². The van der Waals surface area contributed by atoms with Crippen LogP contribution in [0.15, 0.2) is 84.8 Å². The third kappa shape index (κ3) is 2.92. The third-order valence-electron chi connectivity index (χ3n) is 5.66. The van der Waals surface area contributed by atoms with Crippen LogP contribution in [0.1, 0.15) is 22.7 Å².